The standard InChI is InChI=1S/C29H38N6O2S/c1-5-19-11-22(13-31-26(19)30)32-27(36)29(37)35-15-17(2)6-8-24(35)20-7-9-25-23(12-20)33-28(38-25)21-10-18(3)14-34(4)16-21/h7,9,11-13,17-18,21,24H,5-6,8,10,14-16H2,1-4H3,(H2,30,31)(H,32,36)/t17-,18-,21-,24+/m0/s1. The molecule has 0 aliphatic carbocycles. The smallest absolute Gasteiger partial charge is 0.313 e. The minimum absolute atomic E-state index is 0.157. The molecular formula is C29H38N6O2S. The zero-order valence-corrected chi connectivity index (χ0v) is 23.6. The number of nitrogens with zero attached hydrogens (tertiary/aromatic N) is 4. The summed E-state index contributed by atoms with van der Waals surface area (Å²) in [5.41, 5.74) is 9.24. The Labute approximate surface area is 228 Å². The fourth-order valence-corrected chi connectivity index (χ4v) is 7.10. The van der Waals surface area contributed by atoms with Gasteiger partial charge in [0.05, 0.1) is 33.2 Å². The highest BCUT2D eigenvalue weighted by atomic mass is 32.1. The van der Waals surface area contributed by atoms with Gasteiger partial charge in [0.15, 0.2) is 0 Å². The lowest BCUT2D eigenvalue weighted by atomic mass is 9.89. The minimum Gasteiger partial charge on any atom is -0.383 e. The van der Waals surface area contributed by atoms with Gasteiger partial charge in [-0.1, -0.05) is 26.8 Å². The monoisotopic (exact) mass is 534 g/mol. The summed E-state index contributed by atoms with van der Waals surface area (Å²) in [4.78, 5) is 39.8. The van der Waals surface area contributed by atoms with Crippen LogP contribution in [0.5, 0.6) is 0 Å². The molecule has 2 aliphatic rings. The highest BCUT2D eigenvalue weighted by molar-refractivity contribution is 7.18. The number of benzene rings is 1. The quantitative estimate of drug-likeness (QED) is 0.465. The van der Waals surface area contributed by atoms with Crippen molar-refractivity contribution in [3.63, 3.8) is 0 Å². The van der Waals surface area contributed by atoms with E-state index in [1.54, 1.807) is 22.3 Å². The first kappa shape index (κ1) is 26.6. The summed E-state index contributed by atoms with van der Waals surface area (Å²) in [6.07, 6.45) is 5.17. The van der Waals surface area contributed by atoms with Crippen LogP contribution in [-0.4, -0.2) is 58.3 Å². The van der Waals surface area contributed by atoms with Gasteiger partial charge in [-0.25, -0.2) is 9.97 Å². The second-order valence-corrected chi connectivity index (χ2v) is 12.3. The third-order valence-electron chi connectivity index (χ3n) is 7.92. The zero-order valence-electron chi connectivity index (χ0n) is 22.7. The summed E-state index contributed by atoms with van der Waals surface area (Å²) in [6.45, 7) is 9.13. The molecule has 3 N–H and O–H groups in total. The van der Waals surface area contributed by atoms with Crippen molar-refractivity contribution in [1.82, 2.24) is 19.8 Å². The molecule has 2 fully saturated rings. The van der Waals surface area contributed by atoms with E-state index in [1.807, 2.05) is 6.92 Å². The Bertz CT molecular complexity index is 1330. The number of amides is 2. The number of likely N-dealkylation sites (tertiary alicyclic amines) is 2. The van der Waals surface area contributed by atoms with E-state index in [1.165, 1.54) is 15.9 Å². The molecule has 5 rings (SSSR count). The lowest BCUT2D eigenvalue weighted by molar-refractivity contribution is -0.146. The van der Waals surface area contributed by atoms with E-state index in [0.717, 1.165) is 49.0 Å². The highest BCUT2D eigenvalue weighted by Crippen LogP contribution is 2.38. The fourth-order valence-electron chi connectivity index (χ4n) is 6.05. The van der Waals surface area contributed by atoms with Gasteiger partial charge in [-0.15, -0.1) is 11.3 Å². The molecule has 9 heteroatoms. The van der Waals surface area contributed by atoms with Crippen molar-refractivity contribution in [2.45, 2.75) is 58.4 Å². The van der Waals surface area contributed by atoms with Crippen molar-refractivity contribution < 1.29 is 9.59 Å². The molecule has 0 unspecified atom stereocenters. The van der Waals surface area contributed by atoms with Gasteiger partial charge in [-0.05, 0) is 73.9 Å². The minimum atomic E-state index is -0.648. The predicted molar refractivity (Wildman–Crippen MR) is 153 cm³/mol. The number of nitrogens with one attached hydrogen (secondary N) is 1. The van der Waals surface area contributed by atoms with E-state index in [4.69, 9.17) is 10.7 Å². The van der Waals surface area contributed by atoms with E-state index in [9.17, 15) is 9.59 Å². The van der Waals surface area contributed by atoms with Crippen LogP contribution in [0.1, 0.15) is 68.1 Å². The molecule has 3 aromatic rings. The molecule has 0 saturated carbocycles. The van der Waals surface area contributed by atoms with Gasteiger partial charge < -0.3 is 20.9 Å². The second-order valence-electron chi connectivity index (χ2n) is 11.3. The number of aromatic nitrogens is 2. The molecule has 2 aromatic heterocycles. The van der Waals surface area contributed by atoms with Crippen LogP contribution in [0.3, 0.4) is 0 Å². The predicted octanol–water partition coefficient (Wildman–Crippen LogP) is 4.83. The Morgan fingerprint density at radius 2 is 1.95 bits per heavy atom. The third-order valence-corrected chi connectivity index (χ3v) is 9.12. The number of nitrogen functional groups attached to an aromatic ring is 1. The van der Waals surface area contributed by atoms with E-state index in [-0.39, 0.29) is 6.04 Å². The molecule has 0 radical (unpaired) electrons. The van der Waals surface area contributed by atoms with Crippen molar-refractivity contribution in [1.29, 1.82) is 0 Å². The molecule has 8 nitrogen and oxygen atoms in total. The molecule has 1 aromatic carbocycles. The number of anilines is 2. The topological polar surface area (TPSA) is 104 Å². The van der Waals surface area contributed by atoms with Gasteiger partial charge in [0.2, 0.25) is 0 Å². The highest BCUT2D eigenvalue weighted by Gasteiger charge is 2.35. The Kier molecular flexibility index (Phi) is 7.68. The molecule has 4 heterocycles. The maximum atomic E-state index is 13.4. The van der Waals surface area contributed by atoms with Crippen LogP contribution in [-0.2, 0) is 16.0 Å². The molecule has 38 heavy (non-hydrogen) atoms. The normalized spacial score (nSPS) is 24.5. The van der Waals surface area contributed by atoms with E-state index >= 15 is 0 Å². The van der Waals surface area contributed by atoms with Gasteiger partial charge in [0.1, 0.15) is 5.82 Å². The summed E-state index contributed by atoms with van der Waals surface area (Å²) in [6, 6.07) is 7.99. The van der Waals surface area contributed by atoms with Gasteiger partial charge in [-0.3, -0.25) is 9.59 Å². The number of pyridine rings is 1. The van der Waals surface area contributed by atoms with Crippen molar-refractivity contribution >= 4 is 44.9 Å². The first-order chi connectivity index (χ1) is 18.2. The van der Waals surface area contributed by atoms with Gasteiger partial charge >= 0.3 is 11.8 Å². The number of thiazole rings is 1. The number of rotatable bonds is 4. The molecule has 4 atom stereocenters. The molecule has 2 saturated heterocycles. The van der Waals surface area contributed by atoms with Crippen LogP contribution in [0.2, 0.25) is 0 Å². The fraction of sp³-hybridized carbons (Fsp3) is 0.517. The Morgan fingerprint density at radius 3 is 2.71 bits per heavy atom. The SMILES string of the molecule is CCc1cc(NC(=O)C(=O)N2C[C@@H](C)CC[C@@H]2c2ccc3sc([C@H]4C[C@H](C)CN(C)C4)nc3c2)cnc1N. The number of aryl methyl sites for hydroxylation is 1. The van der Waals surface area contributed by atoms with Gasteiger partial charge in [-0.2, -0.15) is 0 Å². The van der Waals surface area contributed by atoms with Crippen molar-refractivity contribution in [3.8, 4) is 0 Å². The first-order valence-corrected chi connectivity index (χ1v) is 14.5. The van der Waals surface area contributed by atoms with Gasteiger partial charge in [0.25, 0.3) is 0 Å². The summed E-state index contributed by atoms with van der Waals surface area (Å²) < 4.78 is 1.17. The van der Waals surface area contributed by atoms with E-state index < -0.39 is 11.8 Å². The lowest BCUT2D eigenvalue weighted by Crippen LogP contribution is -2.46. The average molecular weight is 535 g/mol. The number of carbonyl (C=O) groups is 2. The second kappa shape index (κ2) is 11.0. The van der Waals surface area contributed by atoms with E-state index in [0.29, 0.717) is 42.2 Å². The third kappa shape index (κ3) is 5.54. The first-order valence-electron chi connectivity index (χ1n) is 13.7. The number of hydrogen-bond donors (Lipinski definition) is 2. The number of carbonyl (C=O) groups excluding carboxylic acids is 2. The zero-order chi connectivity index (χ0) is 27.0. The number of fused-ring (bicyclic) bond motifs is 1. The summed E-state index contributed by atoms with van der Waals surface area (Å²) in [7, 11) is 2.19. The number of nitrogens with two attached hydrogens (primary N) is 1. The van der Waals surface area contributed by atoms with Crippen LogP contribution in [0.4, 0.5) is 11.5 Å². The number of hydrogen-bond acceptors (Lipinski definition) is 7. The number of likely N-dealkylation sites (N-methyl/N-ethyl adjacent to an activating group) is 1. The summed E-state index contributed by atoms with van der Waals surface area (Å²) in [5, 5.41) is 3.94. The molecule has 202 valence electrons. The van der Waals surface area contributed by atoms with Crippen molar-refractivity contribution in [2.75, 3.05) is 37.7 Å². The Hall–Kier alpha value is -3.04. The van der Waals surface area contributed by atoms with Crippen molar-refractivity contribution in [2.24, 2.45) is 11.8 Å². The van der Waals surface area contributed by atoms with Crippen LogP contribution in [0.25, 0.3) is 10.2 Å². The molecule has 0 bridgehead atoms. The van der Waals surface area contributed by atoms with Crippen LogP contribution in [0.15, 0.2) is 30.5 Å². The Morgan fingerprint density at radius 1 is 1.13 bits per heavy atom. The molecule has 0 spiro atoms. The van der Waals surface area contributed by atoms with Crippen molar-refractivity contribution in [3.05, 3.63) is 46.6 Å². The largest absolute Gasteiger partial charge is 0.383 e. The summed E-state index contributed by atoms with van der Waals surface area (Å²) >= 11 is 1.78. The lowest BCUT2D eigenvalue weighted by Gasteiger charge is -2.38. The number of piperidine rings is 2. The average Bonchev–Trinajstić information content (AvgIpc) is 3.32. The molecule has 2 aliphatic heterocycles. The van der Waals surface area contributed by atoms with E-state index in [2.05, 4.69) is 54.3 Å². The Balaban J connectivity index is 1.37. The molecular weight excluding hydrogens is 496 g/mol. The van der Waals surface area contributed by atoms with Gasteiger partial charge in [0, 0.05) is 25.6 Å². The van der Waals surface area contributed by atoms with Crippen LogP contribution >= 0.6 is 11.3 Å². The molecule has 2 amide bonds. The maximum absolute atomic E-state index is 13.4. The summed E-state index contributed by atoms with van der Waals surface area (Å²) in [5.74, 6) is 0.715. The van der Waals surface area contributed by atoms with Crippen LogP contribution in [0, 0.1) is 11.8 Å². The van der Waals surface area contributed by atoms with Crippen LogP contribution < -0.4 is 11.1 Å². The maximum Gasteiger partial charge on any atom is 0.313 e.